The van der Waals surface area contributed by atoms with Gasteiger partial charge in [0.2, 0.25) is 0 Å². The van der Waals surface area contributed by atoms with Gasteiger partial charge in [0.25, 0.3) is 7.82 Å². The van der Waals surface area contributed by atoms with E-state index in [9.17, 15) is 9.46 Å². The van der Waals surface area contributed by atoms with Crippen LogP contribution in [0.3, 0.4) is 0 Å². The maximum atomic E-state index is 9.95. The first-order valence-corrected chi connectivity index (χ1v) is 5.30. The zero-order chi connectivity index (χ0) is 11.0. The van der Waals surface area contributed by atoms with Crippen LogP contribution in [0, 0.1) is 0 Å². The molecule has 1 aromatic rings. The monoisotopic (exact) mass is 219 g/mol. The zero-order valence-electron chi connectivity index (χ0n) is 8.41. The highest BCUT2D eigenvalue weighted by Crippen LogP contribution is 2.34. The average Bonchev–Trinajstić information content (AvgIpc) is 2.20. The predicted octanol–water partition coefficient (Wildman–Crippen LogP) is 0.259. The van der Waals surface area contributed by atoms with Crippen LogP contribution in [0.5, 0.6) is 0 Å². The molecule has 0 saturated heterocycles. The number of nitrogens with zero attached hydrogens (tertiary/aromatic N) is 1. The van der Waals surface area contributed by atoms with Crippen LogP contribution in [0.1, 0.15) is 0 Å². The molecule has 80 valence electrons. The molecule has 0 aromatic carbocycles. The van der Waals surface area contributed by atoms with Crippen LogP contribution in [-0.4, -0.2) is 14.2 Å². The Balaban J connectivity index is 0.000000241. The summed E-state index contributed by atoms with van der Waals surface area (Å²) in [6.07, 6.45) is 4.00. The van der Waals surface area contributed by atoms with Crippen LogP contribution >= 0.6 is 7.82 Å². The third kappa shape index (κ3) is 6.74. The summed E-state index contributed by atoms with van der Waals surface area (Å²) in [7, 11) is 0.174. The van der Waals surface area contributed by atoms with Gasteiger partial charge in [-0.1, -0.05) is 6.07 Å². The molecule has 0 aliphatic heterocycles. The van der Waals surface area contributed by atoms with Gasteiger partial charge in [-0.2, -0.15) is 0 Å². The molecule has 0 aliphatic carbocycles. The van der Waals surface area contributed by atoms with Gasteiger partial charge >= 0.3 is 0 Å². The summed E-state index contributed by atoms with van der Waals surface area (Å²) in [5, 5.41) is 0. The molecule has 0 bridgehead atoms. The Bertz CT molecular complexity index is 283. The van der Waals surface area contributed by atoms with E-state index < -0.39 is 7.82 Å². The van der Waals surface area contributed by atoms with E-state index in [2.05, 4.69) is 9.05 Å². The summed E-state index contributed by atoms with van der Waals surface area (Å²) in [5.41, 5.74) is 0. The molecule has 5 nitrogen and oxygen atoms in total. The van der Waals surface area contributed by atoms with Crippen molar-refractivity contribution in [2.24, 2.45) is 7.05 Å². The highest BCUT2D eigenvalue weighted by molar-refractivity contribution is 7.45. The molecule has 0 unspecified atom stereocenters. The molecule has 14 heavy (non-hydrogen) atoms. The molecule has 1 aromatic heterocycles. The van der Waals surface area contributed by atoms with Gasteiger partial charge in [-0.05, 0) is 0 Å². The van der Waals surface area contributed by atoms with Crippen molar-refractivity contribution in [2.45, 2.75) is 0 Å². The Morgan fingerprint density at radius 2 is 1.57 bits per heavy atom. The Labute approximate surface area is 83.5 Å². The summed E-state index contributed by atoms with van der Waals surface area (Å²) in [4.78, 5) is 9.95. The van der Waals surface area contributed by atoms with Crippen LogP contribution in [0.25, 0.3) is 0 Å². The molecule has 0 atom stereocenters. The normalized spacial score (nSPS) is 10.3. The molecule has 6 heteroatoms. The van der Waals surface area contributed by atoms with E-state index in [0.29, 0.717) is 0 Å². The molecule has 0 N–H and O–H groups in total. The van der Waals surface area contributed by atoms with E-state index in [-0.39, 0.29) is 0 Å². The standard InChI is InChI=1S/C6H8N.C2H7O4P/c1-7-5-3-2-4-6-7;1-5-7(3,4)6-2/h2-6H,1H3;1-2H3,(H,3,4)/q+1;/p-1. The molecule has 0 spiro atoms. The van der Waals surface area contributed by atoms with Crippen molar-refractivity contribution >= 4 is 7.82 Å². The van der Waals surface area contributed by atoms with E-state index in [1.807, 2.05) is 42.2 Å². The third-order valence-corrected chi connectivity index (χ3v) is 2.21. The smallest absolute Gasteiger partial charge is 0.267 e. The molecule has 0 radical (unpaired) electrons. The second kappa shape index (κ2) is 6.68. The summed E-state index contributed by atoms with van der Waals surface area (Å²) in [6.45, 7) is 0. The minimum absolute atomic E-state index is 1.04. The zero-order valence-corrected chi connectivity index (χ0v) is 9.31. The fourth-order valence-corrected chi connectivity index (χ4v) is 0.708. The van der Waals surface area contributed by atoms with E-state index in [4.69, 9.17) is 0 Å². The largest absolute Gasteiger partial charge is 0.756 e. The topological polar surface area (TPSA) is 62.5 Å². The van der Waals surface area contributed by atoms with Crippen LogP contribution < -0.4 is 9.46 Å². The second-order valence-electron chi connectivity index (χ2n) is 2.35. The lowest BCUT2D eigenvalue weighted by Crippen LogP contribution is -2.25. The number of aromatic nitrogens is 1. The van der Waals surface area contributed by atoms with Crippen molar-refractivity contribution in [1.29, 1.82) is 0 Å². The number of pyridine rings is 1. The lowest BCUT2D eigenvalue weighted by Gasteiger charge is -2.16. The number of rotatable bonds is 2. The van der Waals surface area contributed by atoms with Crippen molar-refractivity contribution in [3.05, 3.63) is 30.6 Å². The SMILES string of the molecule is COP(=O)([O-])OC.C[n+]1ccccc1. The lowest BCUT2D eigenvalue weighted by atomic mass is 10.5. The number of phosphoric ester groups is 1. The number of phosphoric acid groups is 1. The quantitative estimate of drug-likeness (QED) is 0.528. The average molecular weight is 219 g/mol. The van der Waals surface area contributed by atoms with Crippen molar-refractivity contribution in [2.75, 3.05) is 14.2 Å². The van der Waals surface area contributed by atoms with E-state index in [1.54, 1.807) is 0 Å². The molecule has 0 saturated carbocycles. The Hall–Kier alpha value is -0.740. The minimum atomic E-state index is -3.90. The first-order chi connectivity index (χ1) is 6.52. The maximum absolute atomic E-state index is 9.95. The van der Waals surface area contributed by atoms with E-state index in [0.717, 1.165) is 14.2 Å². The van der Waals surface area contributed by atoms with Gasteiger partial charge in [-0.15, -0.1) is 0 Å². The van der Waals surface area contributed by atoms with Crippen LogP contribution in [-0.2, 0) is 20.7 Å². The van der Waals surface area contributed by atoms with Gasteiger partial charge in [-0.3, -0.25) is 4.57 Å². The van der Waals surface area contributed by atoms with Crippen molar-refractivity contribution in [3.63, 3.8) is 0 Å². The van der Waals surface area contributed by atoms with Crippen molar-refractivity contribution < 1.29 is 23.1 Å². The highest BCUT2D eigenvalue weighted by Gasteiger charge is 1.98. The number of hydrogen-bond donors (Lipinski definition) is 0. The third-order valence-electron chi connectivity index (χ3n) is 1.31. The predicted molar refractivity (Wildman–Crippen MR) is 49.2 cm³/mol. The lowest BCUT2D eigenvalue weighted by molar-refractivity contribution is -0.671. The molecule has 1 heterocycles. The molecule has 0 fully saturated rings. The van der Waals surface area contributed by atoms with E-state index >= 15 is 0 Å². The van der Waals surface area contributed by atoms with Gasteiger partial charge in [-0.25, -0.2) is 4.57 Å². The molecule has 0 amide bonds. The Morgan fingerprint density at radius 3 is 1.71 bits per heavy atom. The van der Waals surface area contributed by atoms with Crippen LogP contribution in [0.2, 0.25) is 0 Å². The van der Waals surface area contributed by atoms with Gasteiger partial charge in [0.05, 0.1) is 0 Å². The van der Waals surface area contributed by atoms with Gasteiger partial charge in [0.1, 0.15) is 7.05 Å². The molecular weight excluding hydrogens is 205 g/mol. The minimum Gasteiger partial charge on any atom is -0.756 e. The molecule has 1 rings (SSSR count). The maximum Gasteiger partial charge on any atom is 0.267 e. The Morgan fingerprint density at radius 1 is 1.14 bits per heavy atom. The Kier molecular flexibility index (Phi) is 6.32. The van der Waals surface area contributed by atoms with E-state index in [1.165, 1.54) is 0 Å². The van der Waals surface area contributed by atoms with Crippen LogP contribution in [0.4, 0.5) is 0 Å². The molecular formula is C8H14NO4P. The van der Waals surface area contributed by atoms with Crippen LogP contribution in [0.15, 0.2) is 30.6 Å². The van der Waals surface area contributed by atoms with Gasteiger partial charge < -0.3 is 13.9 Å². The van der Waals surface area contributed by atoms with Gasteiger partial charge in [0, 0.05) is 26.4 Å². The van der Waals surface area contributed by atoms with Crippen molar-refractivity contribution in [1.82, 2.24) is 0 Å². The summed E-state index contributed by atoms with van der Waals surface area (Å²) in [6, 6.07) is 6.00. The second-order valence-corrected chi connectivity index (χ2v) is 3.98. The fraction of sp³-hybridized carbons (Fsp3) is 0.375. The highest BCUT2D eigenvalue weighted by atomic mass is 31.2. The first-order valence-electron chi connectivity index (χ1n) is 3.84. The summed E-state index contributed by atoms with van der Waals surface area (Å²) < 4.78 is 19.7. The number of hydrogen-bond acceptors (Lipinski definition) is 4. The fourth-order valence-electron chi connectivity index (χ4n) is 0.559. The van der Waals surface area contributed by atoms with Crippen molar-refractivity contribution in [3.8, 4) is 0 Å². The number of aryl methyl sites for hydroxylation is 1. The van der Waals surface area contributed by atoms with Gasteiger partial charge in [0.15, 0.2) is 12.4 Å². The summed E-state index contributed by atoms with van der Waals surface area (Å²) >= 11 is 0. The first kappa shape index (κ1) is 13.3. The summed E-state index contributed by atoms with van der Waals surface area (Å²) in [5.74, 6) is 0. The molecule has 0 aliphatic rings.